The van der Waals surface area contributed by atoms with E-state index in [1.165, 1.54) is 13.1 Å². The molecule has 1 aromatic heterocycles. The van der Waals surface area contributed by atoms with Crippen molar-refractivity contribution in [2.45, 2.75) is 19.0 Å². The summed E-state index contributed by atoms with van der Waals surface area (Å²) in [4.78, 5) is 25.0. The maximum atomic E-state index is 12.9. The molecule has 0 radical (unpaired) electrons. The van der Waals surface area contributed by atoms with Gasteiger partial charge in [0, 0.05) is 36.0 Å². The number of benzene rings is 1. The summed E-state index contributed by atoms with van der Waals surface area (Å²) in [5, 5.41) is 10.6. The normalized spacial score (nSPS) is 24.2. The number of halogens is 1. The fourth-order valence-electron chi connectivity index (χ4n) is 3.69. The highest BCUT2D eigenvalue weighted by Gasteiger charge is 2.55. The Bertz CT molecular complexity index is 887. The van der Waals surface area contributed by atoms with Crippen LogP contribution in [0.15, 0.2) is 30.3 Å². The lowest BCUT2D eigenvalue weighted by molar-refractivity contribution is 0.0915. The molecule has 0 bridgehead atoms. The molecule has 1 saturated carbocycles. The molecule has 2 aliphatic rings. The highest BCUT2D eigenvalue weighted by Crippen LogP contribution is 2.44. The lowest BCUT2D eigenvalue weighted by atomic mass is 10.1. The van der Waals surface area contributed by atoms with E-state index in [2.05, 4.69) is 15.7 Å². The molecule has 1 aromatic carbocycles. The van der Waals surface area contributed by atoms with Crippen molar-refractivity contribution in [2.75, 3.05) is 20.3 Å². The van der Waals surface area contributed by atoms with E-state index < -0.39 is 0 Å². The van der Waals surface area contributed by atoms with Crippen LogP contribution in [0.25, 0.3) is 0 Å². The van der Waals surface area contributed by atoms with Crippen LogP contribution in [0.4, 0.5) is 0 Å². The summed E-state index contributed by atoms with van der Waals surface area (Å²) in [6.45, 7) is 3.30. The van der Waals surface area contributed by atoms with Crippen molar-refractivity contribution in [2.24, 2.45) is 11.8 Å². The van der Waals surface area contributed by atoms with Crippen LogP contribution in [0.1, 0.15) is 39.5 Å². The van der Waals surface area contributed by atoms with Crippen molar-refractivity contribution >= 4 is 23.4 Å². The molecule has 2 aromatic rings. The second-order valence-electron chi connectivity index (χ2n) is 7.03. The quantitative estimate of drug-likeness (QED) is 0.819. The highest BCUT2D eigenvalue weighted by molar-refractivity contribution is 6.30. The fraction of sp³-hybridized carbons (Fsp3) is 0.421. The van der Waals surface area contributed by atoms with Crippen molar-refractivity contribution in [3.8, 4) is 0 Å². The number of rotatable bonds is 5. The van der Waals surface area contributed by atoms with Gasteiger partial charge >= 0.3 is 0 Å². The predicted octanol–water partition coefficient (Wildman–Crippen LogP) is 1.88. The highest BCUT2D eigenvalue weighted by atomic mass is 35.5. The topological polar surface area (TPSA) is 85.3 Å². The van der Waals surface area contributed by atoms with Crippen LogP contribution in [0.5, 0.6) is 0 Å². The Hall–Kier alpha value is -2.38. The van der Waals surface area contributed by atoms with Crippen LogP contribution in [0.3, 0.4) is 0 Å². The molecular formula is C19H21ClN4O3. The molecule has 4 atom stereocenters. The van der Waals surface area contributed by atoms with E-state index in [0.29, 0.717) is 35.8 Å². The molecule has 7 nitrogen and oxygen atoms in total. The predicted molar refractivity (Wildman–Crippen MR) is 99.9 cm³/mol. The number of amides is 2. The van der Waals surface area contributed by atoms with Gasteiger partial charge in [-0.1, -0.05) is 23.7 Å². The Morgan fingerprint density at radius 1 is 1.26 bits per heavy atom. The lowest BCUT2D eigenvalue weighted by Gasteiger charge is -2.16. The maximum absolute atomic E-state index is 12.9. The third-order valence-corrected chi connectivity index (χ3v) is 5.61. The first kappa shape index (κ1) is 18.0. The SMILES string of the molecule is CNC(=O)c1cc(C(=O)NC2[C@H]3COC[C@@H]23)n([C@@H](C)c2cccc(Cl)c2)n1. The maximum Gasteiger partial charge on any atom is 0.271 e. The third-order valence-electron chi connectivity index (χ3n) is 5.38. The number of nitrogens with zero attached hydrogens (tertiary/aromatic N) is 2. The number of nitrogens with one attached hydrogen (secondary N) is 2. The zero-order chi connectivity index (χ0) is 19.1. The Morgan fingerprint density at radius 2 is 2.00 bits per heavy atom. The van der Waals surface area contributed by atoms with Gasteiger partial charge in [-0.3, -0.25) is 14.3 Å². The van der Waals surface area contributed by atoms with E-state index in [1.54, 1.807) is 10.7 Å². The standard InChI is InChI=1S/C19H21ClN4O3/c1-10(11-4-3-5-12(20)6-11)24-16(7-15(23-24)18(25)21-2)19(26)22-17-13-8-27-9-14(13)17/h3-7,10,13-14,17H,8-9H2,1-2H3,(H,21,25)(H,22,26)/t10-,13-,14+,17?/m0/s1. The van der Waals surface area contributed by atoms with Gasteiger partial charge in [-0.05, 0) is 24.6 Å². The minimum absolute atomic E-state index is 0.138. The monoisotopic (exact) mass is 388 g/mol. The zero-order valence-electron chi connectivity index (χ0n) is 15.1. The molecule has 1 saturated heterocycles. The summed E-state index contributed by atoms with van der Waals surface area (Å²) in [5.41, 5.74) is 1.46. The van der Waals surface area contributed by atoms with Gasteiger partial charge in [-0.25, -0.2) is 0 Å². The molecule has 0 spiro atoms. The average Bonchev–Trinajstić information content (AvgIpc) is 3.07. The molecule has 1 unspecified atom stereocenters. The molecule has 2 heterocycles. The van der Waals surface area contributed by atoms with E-state index in [4.69, 9.17) is 16.3 Å². The number of hydrogen-bond acceptors (Lipinski definition) is 4. The molecule has 8 heteroatoms. The van der Waals surface area contributed by atoms with Crippen molar-refractivity contribution in [3.05, 3.63) is 52.3 Å². The molecular weight excluding hydrogens is 368 g/mol. The fourth-order valence-corrected chi connectivity index (χ4v) is 3.88. The van der Waals surface area contributed by atoms with E-state index >= 15 is 0 Å². The number of fused-ring (bicyclic) bond motifs is 1. The van der Waals surface area contributed by atoms with E-state index in [0.717, 1.165) is 5.56 Å². The van der Waals surface area contributed by atoms with E-state index in [9.17, 15) is 9.59 Å². The second kappa shape index (κ2) is 6.98. The Balaban J connectivity index is 1.63. The summed E-state index contributed by atoms with van der Waals surface area (Å²) < 4.78 is 6.95. The molecule has 1 aliphatic heterocycles. The Morgan fingerprint density at radius 3 is 2.67 bits per heavy atom. The molecule has 2 amide bonds. The van der Waals surface area contributed by atoms with Gasteiger partial charge in [0.2, 0.25) is 0 Å². The summed E-state index contributed by atoms with van der Waals surface area (Å²) >= 11 is 6.10. The minimum Gasteiger partial charge on any atom is -0.381 e. The van der Waals surface area contributed by atoms with Crippen LogP contribution in [-0.2, 0) is 4.74 Å². The molecule has 4 rings (SSSR count). The zero-order valence-corrected chi connectivity index (χ0v) is 15.9. The number of aromatic nitrogens is 2. The van der Waals surface area contributed by atoms with E-state index in [-0.39, 0.29) is 29.6 Å². The smallest absolute Gasteiger partial charge is 0.271 e. The first-order valence-corrected chi connectivity index (χ1v) is 9.33. The minimum atomic E-state index is -0.335. The van der Waals surface area contributed by atoms with Gasteiger partial charge in [-0.15, -0.1) is 0 Å². The number of ether oxygens (including phenoxy) is 1. The molecule has 142 valence electrons. The largest absolute Gasteiger partial charge is 0.381 e. The van der Waals surface area contributed by atoms with Crippen LogP contribution >= 0.6 is 11.6 Å². The second-order valence-corrected chi connectivity index (χ2v) is 7.47. The summed E-state index contributed by atoms with van der Waals surface area (Å²) in [5.74, 6) is 0.229. The van der Waals surface area contributed by atoms with E-state index in [1.807, 2.05) is 25.1 Å². The van der Waals surface area contributed by atoms with Crippen LogP contribution < -0.4 is 10.6 Å². The van der Waals surface area contributed by atoms with Crippen molar-refractivity contribution in [3.63, 3.8) is 0 Å². The van der Waals surface area contributed by atoms with Gasteiger partial charge in [0.05, 0.1) is 19.3 Å². The average molecular weight is 389 g/mol. The molecule has 1 aliphatic carbocycles. The number of hydrogen-bond donors (Lipinski definition) is 2. The van der Waals surface area contributed by atoms with Gasteiger partial charge < -0.3 is 15.4 Å². The number of carbonyl (C=O) groups is 2. The first-order valence-electron chi connectivity index (χ1n) is 8.95. The van der Waals surface area contributed by atoms with Crippen LogP contribution in [-0.4, -0.2) is 47.9 Å². The summed E-state index contributed by atoms with van der Waals surface area (Å²) in [6.07, 6.45) is 0. The van der Waals surface area contributed by atoms with Crippen molar-refractivity contribution in [1.29, 1.82) is 0 Å². The van der Waals surface area contributed by atoms with Gasteiger partial charge in [0.1, 0.15) is 5.69 Å². The molecule has 2 N–H and O–H groups in total. The van der Waals surface area contributed by atoms with Gasteiger partial charge in [0.15, 0.2) is 5.69 Å². The first-order chi connectivity index (χ1) is 13.0. The van der Waals surface area contributed by atoms with Crippen molar-refractivity contribution in [1.82, 2.24) is 20.4 Å². The molecule has 27 heavy (non-hydrogen) atoms. The van der Waals surface area contributed by atoms with Gasteiger partial charge in [0.25, 0.3) is 11.8 Å². The lowest BCUT2D eigenvalue weighted by Crippen LogP contribution is -2.32. The Labute approximate surface area is 162 Å². The summed E-state index contributed by atoms with van der Waals surface area (Å²) in [7, 11) is 1.53. The van der Waals surface area contributed by atoms with Crippen LogP contribution in [0.2, 0.25) is 5.02 Å². The molecule has 2 fully saturated rings. The number of carbonyl (C=O) groups excluding carboxylic acids is 2. The van der Waals surface area contributed by atoms with Gasteiger partial charge in [-0.2, -0.15) is 5.10 Å². The van der Waals surface area contributed by atoms with Crippen molar-refractivity contribution < 1.29 is 14.3 Å². The van der Waals surface area contributed by atoms with Crippen LogP contribution in [0, 0.1) is 11.8 Å². The third kappa shape index (κ3) is 3.33. The Kier molecular flexibility index (Phi) is 4.65. The summed E-state index contributed by atoms with van der Waals surface area (Å²) in [6, 6.07) is 8.80.